The zero-order valence-electron chi connectivity index (χ0n) is 13.6. The van der Waals surface area contributed by atoms with Gasteiger partial charge in [-0.1, -0.05) is 60.7 Å². The largest absolute Gasteiger partial charge is 0.488 e. The molecule has 3 aromatic rings. The van der Waals surface area contributed by atoms with Gasteiger partial charge in [0.2, 0.25) is 5.91 Å². The Morgan fingerprint density at radius 1 is 0.840 bits per heavy atom. The minimum Gasteiger partial charge on any atom is -0.488 e. The molecule has 122 valence electrons. The van der Waals surface area contributed by atoms with Crippen LogP contribution in [0.15, 0.2) is 84.9 Å². The minimum atomic E-state index is -0.160. The molecule has 3 nitrogen and oxygen atoms in total. The van der Waals surface area contributed by atoms with E-state index in [4.69, 9.17) is 4.74 Å². The summed E-state index contributed by atoms with van der Waals surface area (Å²) in [6.07, 6.45) is 1.65. The molecule has 1 amide bonds. The summed E-state index contributed by atoms with van der Waals surface area (Å²) >= 11 is 0. The monoisotopic (exact) mass is 327 g/mol. The molecule has 0 aromatic heterocycles. The van der Waals surface area contributed by atoms with E-state index in [1.54, 1.807) is 6.08 Å². The van der Waals surface area contributed by atoms with Gasteiger partial charge in [0, 0.05) is 17.3 Å². The lowest BCUT2D eigenvalue weighted by Gasteiger charge is -2.10. The number of para-hydroxylation sites is 2. The maximum absolute atomic E-state index is 12.6. The van der Waals surface area contributed by atoms with Gasteiger partial charge in [-0.05, 0) is 34.9 Å². The predicted octanol–water partition coefficient (Wildman–Crippen LogP) is 4.65. The van der Waals surface area contributed by atoms with Gasteiger partial charge in [0.1, 0.15) is 12.4 Å². The summed E-state index contributed by atoms with van der Waals surface area (Å²) in [6.45, 7) is 0.491. The van der Waals surface area contributed by atoms with Crippen LogP contribution < -0.4 is 10.1 Å². The molecular formula is C22H17NO2. The normalized spacial score (nSPS) is 14.0. The first-order valence-electron chi connectivity index (χ1n) is 8.19. The quantitative estimate of drug-likeness (QED) is 0.696. The molecule has 1 heterocycles. The van der Waals surface area contributed by atoms with E-state index < -0.39 is 0 Å². The second-order valence-corrected chi connectivity index (χ2v) is 5.86. The molecule has 0 fully saturated rings. The van der Waals surface area contributed by atoms with Gasteiger partial charge in [-0.25, -0.2) is 0 Å². The third kappa shape index (κ3) is 3.17. The molecule has 0 radical (unpaired) electrons. The van der Waals surface area contributed by atoms with Crippen LogP contribution in [0.4, 0.5) is 5.69 Å². The van der Waals surface area contributed by atoms with Crippen molar-refractivity contribution < 1.29 is 9.53 Å². The van der Waals surface area contributed by atoms with Crippen molar-refractivity contribution in [2.45, 2.75) is 6.61 Å². The molecule has 0 unspecified atom stereocenters. The van der Waals surface area contributed by atoms with Crippen molar-refractivity contribution in [3.63, 3.8) is 0 Å². The van der Waals surface area contributed by atoms with Gasteiger partial charge >= 0.3 is 0 Å². The topological polar surface area (TPSA) is 38.3 Å². The number of rotatable bonds is 2. The average molecular weight is 327 g/mol. The van der Waals surface area contributed by atoms with Crippen molar-refractivity contribution in [3.05, 3.63) is 102 Å². The first-order valence-corrected chi connectivity index (χ1v) is 8.19. The third-order valence-electron chi connectivity index (χ3n) is 4.18. The van der Waals surface area contributed by atoms with Crippen LogP contribution in [0, 0.1) is 0 Å². The van der Waals surface area contributed by atoms with Crippen molar-refractivity contribution in [1.29, 1.82) is 0 Å². The van der Waals surface area contributed by atoms with Crippen molar-refractivity contribution in [3.8, 4) is 5.75 Å². The van der Waals surface area contributed by atoms with E-state index in [1.807, 2.05) is 78.9 Å². The molecule has 25 heavy (non-hydrogen) atoms. The fraction of sp³-hybridized carbons (Fsp3) is 0.0455. The Kier molecular flexibility index (Phi) is 4.05. The van der Waals surface area contributed by atoms with Gasteiger partial charge in [-0.15, -0.1) is 0 Å². The lowest BCUT2D eigenvalue weighted by atomic mass is 9.94. The van der Waals surface area contributed by atoms with Crippen molar-refractivity contribution >= 4 is 17.2 Å². The molecule has 1 aliphatic rings. The highest BCUT2D eigenvalue weighted by Crippen LogP contribution is 2.36. The highest BCUT2D eigenvalue weighted by molar-refractivity contribution is 6.07. The van der Waals surface area contributed by atoms with Crippen LogP contribution in [-0.4, -0.2) is 5.91 Å². The number of carbonyl (C=O) groups excluding carboxylic acids is 1. The zero-order valence-corrected chi connectivity index (χ0v) is 13.6. The number of amides is 1. The van der Waals surface area contributed by atoms with Gasteiger partial charge < -0.3 is 10.1 Å². The fourth-order valence-electron chi connectivity index (χ4n) is 3.01. The number of hydrogen-bond acceptors (Lipinski definition) is 2. The van der Waals surface area contributed by atoms with E-state index >= 15 is 0 Å². The van der Waals surface area contributed by atoms with E-state index in [9.17, 15) is 4.79 Å². The van der Waals surface area contributed by atoms with Crippen molar-refractivity contribution in [1.82, 2.24) is 0 Å². The van der Waals surface area contributed by atoms with Crippen LogP contribution in [-0.2, 0) is 11.4 Å². The minimum absolute atomic E-state index is 0.160. The number of carbonyl (C=O) groups is 1. The number of nitrogens with one attached hydrogen (secondary N) is 1. The highest BCUT2D eigenvalue weighted by atomic mass is 16.5. The fourth-order valence-corrected chi connectivity index (χ4v) is 3.01. The summed E-state index contributed by atoms with van der Waals surface area (Å²) in [5, 5.41) is 2.92. The van der Waals surface area contributed by atoms with E-state index in [2.05, 4.69) is 5.32 Å². The maximum atomic E-state index is 12.6. The number of hydrogen-bond donors (Lipinski definition) is 1. The molecule has 0 saturated heterocycles. The van der Waals surface area contributed by atoms with E-state index in [-0.39, 0.29) is 5.91 Å². The van der Waals surface area contributed by atoms with Crippen LogP contribution >= 0.6 is 0 Å². The van der Waals surface area contributed by atoms with E-state index in [1.165, 1.54) is 0 Å². The Morgan fingerprint density at radius 3 is 2.36 bits per heavy atom. The first kappa shape index (κ1) is 15.2. The summed E-state index contributed by atoms with van der Waals surface area (Å²) in [5.41, 5.74) is 4.66. The molecule has 4 rings (SSSR count). The van der Waals surface area contributed by atoms with Gasteiger partial charge in [-0.2, -0.15) is 0 Å². The highest BCUT2D eigenvalue weighted by Gasteiger charge is 2.19. The number of anilines is 1. The average Bonchev–Trinajstić information content (AvgIpc) is 2.80. The number of fused-ring (bicyclic) bond motifs is 2. The molecule has 0 bridgehead atoms. The summed E-state index contributed by atoms with van der Waals surface area (Å²) in [7, 11) is 0. The molecule has 1 aliphatic heterocycles. The molecule has 0 aliphatic carbocycles. The number of benzene rings is 3. The Balaban J connectivity index is 1.78. The summed E-state index contributed by atoms with van der Waals surface area (Å²) in [5.74, 6) is 0.630. The molecular weight excluding hydrogens is 310 g/mol. The molecule has 0 saturated carbocycles. The van der Waals surface area contributed by atoms with Crippen LogP contribution in [0.5, 0.6) is 5.75 Å². The lowest BCUT2D eigenvalue weighted by Crippen LogP contribution is -2.09. The van der Waals surface area contributed by atoms with Gasteiger partial charge in [0.25, 0.3) is 0 Å². The predicted molar refractivity (Wildman–Crippen MR) is 99.4 cm³/mol. The molecule has 3 aromatic carbocycles. The van der Waals surface area contributed by atoms with Crippen LogP contribution in [0.2, 0.25) is 0 Å². The van der Waals surface area contributed by atoms with Gasteiger partial charge in [0.05, 0.1) is 0 Å². The second-order valence-electron chi connectivity index (χ2n) is 5.86. The summed E-state index contributed by atoms with van der Waals surface area (Å²) < 4.78 is 5.93. The Morgan fingerprint density at radius 2 is 1.52 bits per heavy atom. The lowest BCUT2D eigenvalue weighted by molar-refractivity contribution is -0.111. The smallest absolute Gasteiger partial charge is 0.249 e. The Labute approximate surface area is 146 Å². The Hall–Kier alpha value is -3.33. The molecule has 0 spiro atoms. The summed E-state index contributed by atoms with van der Waals surface area (Å²) in [6, 6.07) is 25.3. The third-order valence-corrected chi connectivity index (χ3v) is 4.18. The van der Waals surface area contributed by atoms with Gasteiger partial charge in [-0.3, -0.25) is 4.79 Å². The van der Waals surface area contributed by atoms with Crippen molar-refractivity contribution in [2.75, 3.05) is 5.32 Å². The zero-order chi connectivity index (χ0) is 17.1. The number of ether oxygens (including phenoxy) is 1. The van der Waals surface area contributed by atoms with Crippen LogP contribution in [0.25, 0.3) is 5.57 Å². The molecule has 3 heteroatoms. The van der Waals surface area contributed by atoms with Gasteiger partial charge in [0.15, 0.2) is 0 Å². The van der Waals surface area contributed by atoms with E-state index in [0.29, 0.717) is 6.61 Å². The van der Waals surface area contributed by atoms with E-state index in [0.717, 1.165) is 33.7 Å². The first-order chi connectivity index (χ1) is 12.3. The second kappa shape index (κ2) is 6.65. The molecule has 0 atom stereocenters. The standard InChI is InChI=1S/C22H17NO2/c24-22(23-17-9-2-1-3-10-17)14-20-18-11-5-4-8-16(18)15-25-21-13-7-6-12-19(20)21/h1-14H,15H2,(H,23,24). The van der Waals surface area contributed by atoms with Crippen molar-refractivity contribution in [2.24, 2.45) is 0 Å². The van der Waals surface area contributed by atoms with Crippen LogP contribution in [0.1, 0.15) is 16.7 Å². The van der Waals surface area contributed by atoms with Crippen LogP contribution in [0.3, 0.4) is 0 Å². The Bertz CT molecular complexity index is 896. The maximum Gasteiger partial charge on any atom is 0.249 e. The molecule has 1 N–H and O–H groups in total. The summed E-state index contributed by atoms with van der Waals surface area (Å²) in [4.78, 5) is 12.6. The SMILES string of the molecule is O=C(C=C1c2ccccc2COc2ccccc21)Nc1ccccc1.